The number of rotatable bonds is 21. The third-order valence-corrected chi connectivity index (χ3v) is 5.02. The fourth-order valence-corrected chi connectivity index (χ4v) is 3.23. The van der Waals surface area contributed by atoms with Crippen LogP contribution in [0.2, 0.25) is 0 Å². The molecule has 0 aromatic carbocycles. The fourth-order valence-electron chi connectivity index (χ4n) is 3.23. The minimum Gasteiger partial charge on any atom is -0.481 e. The zero-order chi connectivity index (χ0) is 20.9. The third kappa shape index (κ3) is 19.4. The first-order chi connectivity index (χ1) is 13.6. The first-order valence-electron chi connectivity index (χ1n) is 11.4. The standard InChI is InChI=1S/C23H43NO4/c1-2-3-4-5-6-7-8-9-10-11-12-13-14-15-16-17-20-24-21(23(27)28)18-19-22(25)26/h9-10,21,24H,2-8,11-20H2,1H3,(H,25,26)(H,27,28)/b10-9-. The van der Waals surface area contributed by atoms with Crippen molar-refractivity contribution in [3.63, 3.8) is 0 Å². The Bertz CT molecular complexity index is 409. The number of hydrogen-bond acceptors (Lipinski definition) is 3. The van der Waals surface area contributed by atoms with Crippen LogP contribution < -0.4 is 5.32 Å². The lowest BCUT2D eigenvalue weighted by Gasteiger charge is -2.13. The molecule has 0 radical (unpaired) electrons. The first kappa shape index (κ1) is 26.6. The highest BCUT2D eigenvalue weighted by molar-refractivity contribution is 5.75. The van der Waals surface area contributed by atoms with Crippen molar-refractivity contribution in [1.29, 1.82) is 0 Å². The molecular formula is C23H43NO4. The molecule has 164 valence electrons. The van der Waals surface area contributed by atoms with E-state index < -0.39 is 18.0 Å². The van der Waals surface area contributed by atoms with Crippen LogP contribution in [-0.2, 0) is 9.59 Å². The molecule has 0 rings (SSSR count). The highest BCUT2D eigenvalue weighted by Crippen LogP contribution is 2.10. The smallest absolute Gasteiger partial charge is 0.320 e. The molecule has 0 aromatic rings. The van der Waals surface area contributed by atoms with Gasteiger partial charge in [-0.2, -0.15) is 0 Å². The van der Waals surface area contributed by atoms with Gasteiger partial charge >= 0.3 is 11.9 Å². The molecule has 0 aliphatic rings. The molecule has 1 unspecified atom stereocenters. The molecule has 0 fully saturated rings. The number of carbonyl (C=O) groups is 2. The van der Waals surface area contributed by atoms with E-state index in [1.54, 1.807) is 0 Å². The van der Waals surface area contributed by atoms with Crippen LogP contribution >= 0.6 is 0 Å². The van der Waals surface area contributed by atoms with Crippen LogP contribution in [0.5, 0.6) is 0 Å². The van der Waals surface area contributed by atoms with Crippen LogP contribution in [0.25, 0.3) is 0 Å². The maximum Gasteiger partial charge on any atom is 0.320 e. The monoisotopic (exact) mass is 397 g/mol. The number of allylic oxidation sites excluding steroid dienone is 2. The number of carboxylic acids is 2. The van der Waals surface area contributed by atoms with Gasteiger partial charge in [0.25, 0.3) is 0 Å². The van der Waals surface area contributed by atoms with E-state index in [2.05, 4.69) is 24.4 Å². The number of hydrogen-bond donors (Lipinski definition) is 3. The summed E-state index contributed by atoms with van der Waals surface area (Å²) in [6.07, 6.45) is 22.2. The Balaban J connectivity index is 3.37. The highest BCUT2D eigenvalue weighted by atomic mass is 16.4. The van der Waals surface area contributed by atoms with Gasteiger partial charge < -0.3 is 15.5 Å². The second-order valence-corrected chi connectivity index (χ2v) is 7.72. The summed E-state index contributed by atoms with van der Waals surface area (Å²) in [6.45, 7) is 2.89. The molecule has 0 bridgehead atoms. The van der Waals surface area contributed by atoms with E-state index in [1.807, 2.05) is 0 Å². The average molecular weight is 398 g/mol. The first-order valence-corrected chi connectivity index (χ1v) is 11.4. The minimum absolute atomic E-state index is 0.114. The van der Waals surface area contributed by atoms with Gasteiger partial charge in [0.2, 0.25) is 0 Å². The molecule has 0 aliphatic heterocycles. The van der Waals surface area contributed by atoms with Gasteiger partial charge in [-0.25, -0.2) is 0 Å². The van der Waals surface area contributed by atoms with Crippen molar-refractivity contribution in [1.82, 2.24) is 5.32 Å². The predicted molar refractivity (Wildman–Crippen MR) is 116 cm³/mol. The van der Waals surface area contributed by atoms with Gasteiger partial charge in [-0.15, -0.1) is 0 Å². The molecule has 0 aromatic heterocycles. The van der Waals surface area contributed by atoms with Gasteiger partial charge in [-0.1, -0.05) is 76.9 Å². The van der Waals surface area contributed by atoms with Crippen LogP contribution in [0.1, 0.15) is 110 Å². The second-order valence-electron chi connectivity index (χ2n) is 7.72. The maximum absolute atomic E-state index is 11.1. The zero-order valence-corrected chi connectivity index (χ0v) is 18.0. The van der Waals surface area contributed by atoms with Crippen molar-refractivity contribution in [3.8, 4) is 0 Å². The molecule has 0 amide bonds. The van der Waals surface area contributed by atoms with Gasteiger partial charge in [-0.05, 0) is 45.1 Å². The molecule has 0 saturated heterocycles. The largest absolute Gasteiger partial charge is 0.481 e. The van der Waals surface area contributed by atoms with Crippen molar-refractivity contribution in [2.24, 2.45) is 0 Å². The van der Waals surface area contributed by atoms with Crippen LogP contribution in [0.3, 0.4) is 0 Å². The molecule has 0 heterocycles. The normalized spacial score (nSPS) is 12.5. The summed E-state index contributed by atoms with van der Waals surface area (Å²) >= 11 is 0. The summed E-state index contributed by atoms with van der Waals surface area (Å²) in [7, 11) is 0. The molecule has 0 aliphatic carbocycles. The molecular weight excluding hydrogens is 354 g/mol. The maximum atomic E-state index is 11.1. The Hall–Kier alpha value is -1.36. The van der Waals surface area contributed by atoms with Crippen molar-refractivity contribution in [3.05, 3.63) is 12.2 Å². The summed E-state index contributed by atoms with van der Waals surface area (Å²) in [5.41, 5.74) is 0. The zero-order valence-electron chi connectivity index (χ0n) is 18.0. The predicted octanol–water partition coefficient (Wildman–Crippen LogP) is 5.93. The van der Waals surface area contributed by atoms with Crippen molar-refractivity contribution in [2.75, 3.05) is 6.54 Å². The lowest BCUT2D eigenvalue weighted by molar-refractivity contribution is -0.140. The summed E-state index contributed by atoms with van der Waals surface area (Å²) in [6, 6.07) is -0.751. The van der Waals surface area contributed by atoms with E-state index >= 15 is 0 Å². The summed E-state index contributed by atoms with van der Waals surface area (Å²) < 4.78 is 0. The number of carboxylic acid groups (broad SMARTS) is 2. The Kier molecular flexibility index (Phi) is 19.4. The summed E-state index contributed by atoms with van der Waals surface area (Å²) in [4.78, 5) is 21.6. The van der Waals surface area contributed by atoms with Gasteiger partial charge in [0.05, 0.1) is 0 Å². The van der Waals surface area contributed by atoms with E-state index in [0.29, 0.717) is 6.54 Å². The number of unbranched alkanes of at least 4 members (excludes halogenated alkanes) is 12. The van der Waals surface area contributed by atoms with Gasteiger partial charge in [0.1, 0.15) is 6.04 Å². The molecule has 5 nitrogen and oxygen atoms in total. The molecule has 0 saturated carbocycles. The van der Waals surface area contributed by atoms with Gasteiger partial charge in [0, 0.05) is 6.42 Å². The lowest BCUT2D eigenvalue weighted by Crippen LogP contribution is -2.37. The van der Waals surface area contributed by atoms with Crippen LogP contribution in [0, 0.1) is 0 Å². The van der Waals surface area contributed by atoms with Crippen LogP contribution in [0.4, 0.5) is 0 Å². The topological polar surface area (TPSA) is 86.6 Å². The quantitative estimate of drug-likeness (QED) is 0.165. The second kappa shape index (κ2) is 20.4. The Morgan fingerprint density at radius 2 is 1.29 bits per heavy atom. The van der Waals surface area contributed by atoms with Gasteiger partial charge in [-0.3, -0.25) is 9.59 Å². The molecule has 3 N–H and O–H groups in total. The SMILES string of the molecule is CCCCCCCC/C=C\CCCCCCCCNC(CCC(=O)O)C(=O)O. The molecule has 1 atom stereocenters. The van der Waals surface area contributed by atoms with Crippen LogP contribution in [0.15, 0.2) is 12.2 Å². The summed E-state index contributed by atoms with van der Waals surface area (Å²) in [5, 5.41) is 20.7. The van der Waals surface area contributed by atoms with E-state index in [4.69, 9.17) is 10.2 Å². The Morgan fingerprint density at radius 3 is 1.79 bits per heavy atom. The number of aliphatic carboxylic acids is 2. The fraction of sp³-hybridized carbons (Fsp3) is 0.826. The average Bonchev–Trinajstić information content (AvgIpc) is 2.66. The number of nitrogens with one attached hydrogen (secondary N) is 1. The van der Waals surface area contributed by atoms with E-state index in [9.17, 15) is 9.59 Å². The highest BCUT2D eigenvalue weighted by Gasteiger charge is 2.17. The van der Waals surface area contributed by atoms with Crippen LogP contribution in [-0.4, -0.2) is 34.7 Å². The lowest BCUT2D eigenvalue weighted by atomic mass is 10.1. The third-order valence-electron chi connectivity index (χ3n) is 5.02. The molecule has 0 spiro atoms. The van der Waals surface area contributed by atoms with Crippen molar-refractivity contribution < 1.29 is 19.8 Å². The van der Waals surface area contributed by atoms with E-state index in [-0.39, 0.29) is 12.8 Å². The summed E-state index contributed by atoms with van der Waals surface area (Å²) in [5.74, 6) is -1.92. The molecule has 5 heteroatoms. The molecule has 28 heavy (non-hydrogen) atoms. The Morgan fingerprint density at radius 1 is 0.786 bits per heavy atom. The van der Waals surface area contributed by atoms with E-state index in [1.165, 1.54) is 77.0 Å². The van der Waals surface area contributed by atoms with Crippen molar-refractivity contribution in [2.45, 2.75) is 116 Å². The Labute approximate surface area is 172 Å². The van der Waals surface area contributed by atoms with Crippen molar-refractivity contribution >= 4 is 11.9 Å². The van der Waals surface area contributed by atoms with E-state index in [0.717, 1.165) is 12.8 Å². The minimum atomic E-state index is -0.967. The van der Waals surface area contributed by atoms with Gasteiger partial charge in [0.15, 0.2) is 0 Å².